The molecule has 31 heavy (non-hydrogen) atoms. The van der Waals surface area contributed by atoms with Crippen LogP contribution in [0, 0.1) is 0 Å². The number of nitrogens with one attached hydrogen (secondary N) is 2. The van der Waals surface area contributed by atoms with Crippen molar-refractivity contribution in [3.8, 4) is 11.5 Å². The van der Waals surface area contributed by atoms with Gasteiger partial charge in [0.05, 0.1) is 5.88 Å². The molecule has 0 aliphatic carbocycles. The molecule has 0 spiro atoms. The second kappa shape index (κ2) is 11.8. The molecule has 0 amide bonds. The van der Waals surface area contributed by atoms with Gasteiger partial charge in [0.25, 0.3) is 0 Å². The molecule has 0 bridgehead atoms. The van der Waals surface area contributed by atoms with Gasteiger partial charge in [-0.05, 0) is 55.0 Å². The van der Waals surface area contributed by atoms with E-state index in [0.717, 1.165) is 5.69 Å². The maximum atomic E-state index is 13.9. The molecule has 5 nitrogen and oxygen atoms in total. The summed E-state index contributed by atoms with van der Waals surface area (Å²) in [5.74, 6) is 1.47. The lowest BCUT2D eigenvalue weighted by Gasteiger charge is -2.26. The van der Waals surface area contributed by atoms with Crippen molar-refractivity contribution in [2.75, 3.05) is 11.2 Å². The van der Waals surface area contributed by atoms with E-state index in [9.17, 15) is 4.57 Å². The first-order valence-electron chi connectivity index (χ1n) is 9.89. The van der Waals surface area contributed by atoms with Crippen LogP contribution >= 0.6 is 31.6 Å². The highest BCUT2D eigenvalue weighted by molar-refractivity contribution is 8.05. The molecule has 1 atom stereocenters. The van der Waals surface area contributed by atoms with Gasteiger partial charge in [0.1, 0.15) is 16.5 Å². The molecule has 1 unspecified atom stereocenters. The Morgan fingerprint density at radius 2 is 1.39 bits per heavy atom. The van der Waals surface area contributed by atoms with E-state index in [-0.39, 0.29) is 4.99 Å². The van der Waals surface area contributed by atoms with Gasteiger partial charge in [-0.25, -0.2) is 4.57 Å². The van der Waals surface area contributed by atoms with Crippen LogP contribution in [-0.4, -0.2) is 16.0 Å². The van der Waals surface area contributed by atoms with E-state index >= 15 is 0 Å². The molecule has 3 rings (SSSR count). The fourth-order valence-electron chi connectivity index (χ4n) is 2.73. The SMILES string of the molecule is CCC(SCNC(=S)Nc1ccccc1)P(=O)(Oc1ccccc1)Oc1ccccc1. The number of anilines is 1. The highest BCUT2D eigenvalue weighted by Gasteiger charge is 2.38. The minimum atomic E-state index is -3.54. The first-order chi connectivity index (χ1) is 15.1. The number of rotatable bonds is 10. The summed E-state index contributed by atoms with van der Waals surface area (Å²) in [5, 5.41) is 6.77. The fourth-order valence-corrected chi connectivity index (χ4v) is 6.43. The molecule has 0 aliphatic heterocycles. The first-order valence-corrected chi connectivity index (χ1v) is 13.0. The number of thiocarbonyl (C=S) groups is 1. The Kier molecular flexibility index (Phi) is 8.83. The predicted octanol–water partition coefficient (Wildman–Crippen LogP) is 6.75. The topological polar surface area (TPSA) is 59.6 Å². The highest BCUT2D eigenvalue weighted by atomic mass is 32.2. The van der Waals surface area contributed by atoms with E-state index in [4.69, 9.17) is 21.3 Å². The summed E-state index contributed by atoms with van der Waals surface area (Å²) in [6.45, 7) is 1.97. The van der Waals surface area contributed by atoms with Crippen molar-refractivity contribution in [1.82, 2.24) is 5.32 Å². The summed E-state index contributed by atoms with van der Waals surface area (Å²) in [5.41, 5.74) is 0.905. The molecule has 0 heterocycles. The Bertz CT molecular complexity index is 946. The minimum absolute atomic E-state index is 0.389. The van der Waals surface area contributed by atoms with Crippen LogP contribution in [0.4, 0.5) is 5.69 Å². The number of hydrogen-bond acceptors (Lipinski definition) is 5. The summed E-state index contributed by atoms with van der Waals surface area (Å²) in [6, 6.07) is 27.9. The molecule has 8 heteroatoms. The quantitative estimate of drug-likeness (QED) is 0.192. The monoisotopic (exact) mass is 472 g/mol. The van der Waals surface area contributed by atoms with Crippen molar-refractivity contribution < 1.29 is 13.6 Å². The van der Waals surface area contributed by atoms with Crippen molar-refractivity contribution in [2.45, 2.75) is 18.3 Å². The van der Waals surface area contributed by atoms with Gasteiger partial charge in [-0.3, -0.25) is 0 Å². The van der Waals surface area contributed by atoms with E-state index in [0.29, 0.717) is 28.9 Å². The van der Waals surface area contributed by atoms with E-state index in [1.807, 2.05) is 73.7 Å². The molecule has 0 saturated carbocycles. The molecule has 0 aliphatic rings. The van der Waals surface area contributed by atoms with Crippen LogP contribution in [-0.2, 0) is 4.57 Å². The maximum absolute atomic E-state index is 13.9. The minimum Gasteiger partial charge on any atom is -0.415 e. The number of benzene rings is 3. The predicted molar refractivity (Wildman–Crippen MR) is 134 cm³/mol. The van der Waals surface area contributed by atoms with Gasteiger partial charge in [0.2, 0.25) is 0 Å². The third-order valence-corrected chi connectivity index (χ3v) is 8.69. The molecule has 3 aromatic carbocycles. The lowest BCUT2D eigenvalue weighted by atomic mass is 10.3. The van der Waals surface area contributed by atoms with Gasteiger partial charge in [-0.1, -0.05) is 61.5 Å². The van der Waals surface area contributed by atoms with E-state index in [1.54, 1.807) is 24.3 Å². The number of para-hydroxylation sites is 3. The van der Waals surface area contributed by atoms with Crippen LogP contribution in [0.3, 0.4) is 0 Å². The second-order valence-corrected chi connectivity index (χ2v) is 10.5. The molecule has 0 fully saturated rings. The summed E-state index contributed by atoms with van der Waals surface area (Å²) in [6.07, 6.45) is 0.599. The zero-order chi connectivity index (χ0) is 21.9. The second-order valence-electron chi connectivity index (χ2n) is 6.52. The zero-order valence-electron chi connectivity index (χ0n) is 17.1. The highest BCUT2D eigenvalue weighted by Crippen LogP contribution is 2.57. The summed E-state index contributed by atoms with van der Waals surface area (Å²) < 4.78 is 25.8. The average molecular weight is 473 g/mol. The van der Waals surface area contributed by atoms with Crippen LogP contribution in [0.25, 0.3) is 0 Å². The van der Waals surface area contributed by atoms with Crippen molar-refractivity contribution >= 4 is 42.4 Å². The molecular weight excluding hydrogens is 447 g/mol. The normalized spacial score (nSPS) is 11.9. The van der Waals surface area contributed by atoms with Gasteiger partial charge in [0.15, 0.2) is 5.11 Å². The largest absolute Gasteiger partial charge is 0.443 e. The van der Waals surface area contributed by atoms with Crippen LogP contribution < -0.4 is 19.7 Å². The number of hydrogen-bond donors (Lipinski definition) is 2. The Morgan fingerprint density at radius 3 is 1.87 bits per heavy atom. The maximum Gasteiger partial charge on any atom is 0.443 e. The van der Waals surface area contributed by atoms with E-state index in [1.165, 1.54) is 11.8 Å². The molecule has 0 radical (unpaired) electrons. The molecule has 162 valence electrons. The van der Waals surface area contributed by atoms with Crippen molar-refractivity contribution in [1.29, 1.82) is 0 Å². The van der Waals surface area contributed by atoms with Gasteiger partial charge >= 0.3 is 7.60 Å². The van der Waals surface area contributed by atoms with Gasteiger partial charge in [0, 0.05) is 5.69 Å². The van der Waals surface area contributed by atoms with Crippen LogP contribution in [0.2, 0.25) is 0 Å². The van der Waals surface area contributed by atoms with Gasteiger partial charge in [-0.15, -0.1) is 11.8 Å². The lowest BCUT2D eigenvalue weighted by molar-refractivity contribution is 0.382. The molecule has 0 aromatic heterocycles. The van der Waals surface area contributed by atoms with Crippen molar-refractivity contribution in [2.24, 2.45) is 0 Å². The molecule has 3 aromatic rings. The van der Waals surface area contributed by atoms with Crippen molar-refractivity contribution in [3.63, 3.8) is 0 Å². The Balaban J connectivity index is 1.66. The molecule has 0 saturated heterocycles. The first kappa shape index (κ1) is 23.2. The standard InChI is InChI=1S/C23H25N2O3PS2/c1-2-22(31-18-24-23(30)25-19-12-6-3-7-13-19)29(26,27-20-14-8-4-9-15-20)28-21-16-10-5-11-17-21/h3-17,22H,2,18H2,1H3,(H2,24,25,30). The smallest absolute Gasteiger partial charge is 0.415 e. The Hall–Kier alpha value is -2.47. The van der Waals surface area contributed by atoms with Crippen LogP contribution in [0.5, 0.6) is 11.5 Å². The third-order valence-electron chi connectivity index (χ3n) is 4.19. The average Bonchev–Trinajstić information content (AvgIpc) is 2.78. The zero-order valence-corrected chi connectivity index (χ0v) is 19.7. The summed E-state index contributed by atoms with van der Waals surface area (Å²) in [4.78, 5) is -0.389. The summed E-state index contributed by atoms with van der Waals surface area (Å²) >= 11 is 6.81. The third kappa shape index (κ3) is 7.31. The van der Waals surface area contributed by atoms with Gasteiger partial charge in [-0.2, -0.15) is 0 Å². The molecular formula is C23H25N2O3PS2. The molecule has 2 N–H and O–H groups in total. The lowest BCUT2D eigenvalue weighted by Crippen LogP contribution is -2.29. The van der Waals surface area contributed by atoms with Crippen LogP contribution in [0.1, 0.15) is 13.3 Å². The Labute approximate surface area is 193 Å². The fraction of sp³-hybridized carbons (Fsp3) is 0.174. The number of thioether (sulfide) groups is 1. The van der Waals surface area contributed by atoms with Gasteiger partial charge < -0.3 is 19.7 Å². The van der Waals surface area contributed by atoms with Crippen LogP contribution in [0.15, 0.2) is 91.0 Å². The Morgan fingerprint density at radius 1 is 0.903 bits per heavy atom. The summed E-state index contributed by atoms with van der Waals surface area (Å²) in [7, 11) is -3.54. The van der Waals surface area contributed by atoms with Crippen molar-refractivity contribution in [3.05, 3.63) is 91.0 Å². The van der Waals surface area contributed by atoms with E-state index in [2.05, 4.69) is 10.6 Å². The van der Waals surface area contributed by atoms with E-state index < -0.39 is 7.60 Å².